The van der Waals surface area contributed by atoms with E-state index in [1.54, 1.807) is 30.4 Å². The number of nitrogens with zero attached hydrogens (tertiary/aromatic N) is 4. The van der Waals surface area contributed by atoms with Gasteiger partial charge in [-0.3, -0.25) is 4.79 Å². The van der Waals surface area contributed by atoms with Crippen molar-refractivity contribution in [1.29, 1.82) is 0 Å². The third kappa shape index (κ3) is 5.93. The molecule has 3 rings (SSSR count). The van der Waals surface area contributed by atoms with Crippen LogP contribution < -0.4 is 10.6 Å². The zero-order valence-corrected chi connectivity index (χ0v) is 15.9. The molecule has 1 aromatic heterocycles. The zero-order chi connectivity index (χ0) is 19.1. The molecular weight excluding hydrogens is 377 g/mol. The molecule has 2 heterocycles. The Morgan fingerprint density at radius 1 is 1.23 bits per heavy atom. The number of benzene rings is 1. The Balaban J connectivity index is 0.000000228. The molecule has 7 nitrogen and oxygen atoms in total. The van der Waals surface area contributed by atoms with Gasteiger partial charge in [-0.1, -0.05) is 23.2 Å². The van der Waals surface area contributed by atoms with E-state index < -0.39 is 0 Å². The third-order valence-electron chi connectivity index (χ3n) is 3.73. The van der Waals surface area contributed by atoms with Gasteiger partial charge in [0.15, 0.2) is 0 Å². The summed E-state index contributed by atoms with van der Waals surface area (Å²) in [6.45, 7) is 2.05. The number of carbonyl (C=O) groups is 1. The molecule has 0 unspecified atom stereocenters. The molecule has 0 spiro atoms. The maximum atomic E-state index is 11.9. The highest BCUT2D eigenvalue weighted by atomic mass is 35.5. The minimum Gasteiger partial charge on any atom is -0.508 e. The van der Waals surface area contributed by atoms with Crippen molar-refractivity contribution in [3.63, 3.8) is 0 Å². The van der Waals surface area contributed by atoms with Crippen LogP contribution in [0.15, 0.2) is 30.6 Å². The molecule has 0 aliphatic carbocycles. The van der Waals surface area contributed by atoms with Crippen molar-refractivity contribution in [2.45, 2.75) is 12.8 Å². The molecule has 1 saturated heterocycles. The van der Waals surface area contributed by atoms with Crippen molar-refractivity contribution >= 4 is 40.7 Å². The lowest BCUT2D eigenvalue weighted by Gasteiger charge is -2.21. The van der Waals surface area contributed by atoms with Gasteiger partial charge in [-0.25, -0.2) is 9.97 Å². The van der Waals surface area contributed by atoms with Gasteiger partial charge >= 0.3 is 0 Å². The van der Waals surface area contributed by atoms with Crippen LogP contribution in [-0.4, -0.2) is 52.6 Å². The predicted octanol–water partition coefficient (Wildman–Crippen LogP) is 2.82. The second kappa shape index (κ2) is 9.45. The Hall–Kier alpha value is -2.25. The van der Waals surface area contributed by atoms with Crippen LogP contribution in [0.25, 0.3) is 0 Å². The highest BCUT2D eigenvalue weighted by molar-refractivity contribution is 6.42. The molecule has 0 radical (unpaired) electrons. The van der Waals surface area contributed by atoms with E-state index >= 15 is 0 Å². The van der Waals surface area contributed by atoms with Crippen molar-refractivity contribution in [2.24, 2.45) is 0 Å². The van der Waals surface area contributed by atoms with Crippen molar-refractivity contribution in [2.75, 3.05) is 37.3 Å². The SMILES string of the molecule is CN(CC(=O)N1CCCC1)c1ncc(N)cn1.Oc1ccc(Cl)c(Cl)c1. The molecule has 0 bridgehead atoms. The van der Waals surface area contributed by atoms with Crippen molar-refractivity contribution in [3.8, 4) is 5.75 Å². The normalized spacial score (nSPS) is 13.1. The summed E-state index contributed by atoms with van der Waals surface area (Å²) in [5.41, 5.74) is 6.03. The number of halogens is 2. The number of rotatable bonds is 3. The average molecular weight is 398 g/mol. The fraction of sp³-hybridized carbons (Fsp3) is 0.353. The molecule has 0 saturated carbocycles. The van der Waals surface area contributed by atoms with Gasteiger partial charge in [0.25, 0.3) is 0 Å². The molecule has 1 fully saturated rings. The van der Waals surface area contributed by atoms with E-state index in [9.17, 15) is 4.79 Å². The number of aromatic hydroxyl groups is 1. The minimum absolute atomic E-state index is 0.129. The summed E-state index contributed by atoms with van der Waals surface area (Å²) in [7, 11) is 1.81. The first-order valence-corrected chi connectivity index (χ1v) is 8.83. The van der Waals surface area contributed by atoms with Gasteiger partial charge in [0.2, 0.25) is 11.9 Å². The third-order valence-corrected chi connectivity index (χ3v) is 4.47. The zero-order valence-electron chi connectivity index (χ0n) is 14.4. The Morgan fingerprint density at radius 3 is 2.38 bits per heavy atom. The molecule has 26 heavy (non-hydrogen) atoms. The van der Waals surface area contributed by atoms with Crippen LogP contribution in [0.5, 0.6) is 5.75 Å². The summed E-state index contributed by atoms with van der Waals surface area (Å²) in [4.78, 5) is 23.7. The van der Waals surface area contributed by atoms with Gasteiger partial charge in [0, 0.05) is 20.1 Å². The van der Waals surface area contributed by atoms with Crippen LogP contribution in [0, 0.1) is 0 Å². The van der Waals surface area contributed by atoms with E-state index in [1.165, 1.54) is 12.1 Å². The lowest BCUT2D eigenvalue weighted by atomic mass is 10.3. The van der Waals surface area contributed by atoms with E-state index in [1.807, 2.05) is 4.90 Å². The van der Waals surface area contributed by atoms with Gasteiger partial charge < -0.3 is 20.6 Å². The van der Waals surface area contributed by atoms with Crippen LogP contribution >= 0.6 is 23.2 Å². The molecule has 9 heteroatoms. The maximum Gasteiger partial charge on any atom is 0.242 e. The number of amides is 1. The van der Waals surface area contributed by atoms with Crippen LogP contribution in [0.2, 0.25) is 10.0 Å². The topological polar surface area (TPSA) is 95.6 Å². The Labute approximate surface area is 162 Å². The van der Waals surface area contributed by atoms with Crippen molar-refractivity contribution in [1.82, 2.24) is 14.9 Å². The van der Waals surface area contributed by atoms with E-state index in [2.05, 4.69) is 9.97 Å². The first-order chi connectivity index (χ1) is 12.4. The summed E-state index contributed by atoms with van der Waals surface area (Å²) in [6.07, 6.45) is 5.29. The second-order valence-corrected chi connectivity index (χ2v) is 6.67. The summed E-state index contributed by atoms with van der Waals surface area (Å²) >= 11 is 11.1. The highest BCUT2D eigenvalue weighted by Crippen LogP contribution is 2.25. The average Bonchev–Trinajstić information content (AvgIpc) is 3.14. The number of hydrogen-bond acceptors (Lipinski definition) is 6. The number of phenolic OH excluding ortho intramolecular Hbond substituents is 1. The number of aromatic nitrogens is 2. The van der Waals surface area contributed by atoms with Crippen LogP contribution in [-0.2, 0) is 4.79 Å². The van der Waals surface area contributed by atoms with Gasteiger partial charge in [-0.2, -0.15) is 0 Å². The molecule has 3 N–H and O–H groups in total. The molecule has 1 aliphatic rings. The van der Waals surface area contributed by atoms with E-state index in [-0.39, 0.29) is 11.7 Å². The van der Waals surface area contributed by atoms with Gasteiger partial charge in [0.05, 0.1) is 34.7 Å². The molecule has 1 amide bonds. The highest BCUT2D eigenvalue weighted by Gasteiger charge is 2.19. The van der Waals surface area contributed by atoms with Crippen molar-refractivity contribution in [3.05, 3.63) is 40.6 Å². The Morgan fingerprint density at radius 2 is 1.85 bits per heavy atom. The van der Waals surface area contributed by atoms with E-state index in [0.717, 1.165) is 25.9 Å². The fourth-order valence-electron chi connectivity index (χ4n) is 2.35. The summed E-state index contributed by atoms with van der Waals surface area (Å²) in [5.74, 6) is 0.779. The van der Waals surface area contributed by atoms with Crippen LogP contribution in [0.3, 0.4) is 0 Å². The quantitative estimate of drug-likeness (QED) is 0.826. The molecule has 140 valence electrons. The number of nitrogens with two attached hydrogens (primary N) is 1. The van der Waals surface area contributed by atoms with Gasteiger partial charge in [-0.15, -0.1) is 0 Å². The maximum absolute atomic E-state index is 11.9. The number of hydrogen-bond donors (Lipinski definition) is 2. The number of likely N-dealkylation sites (tertiary alicyclic amines) is 1. The minimum atomic E-state index is 0.129. The molecule has 0 atom stereocenters. The predicted molar refractivity (Wildman–Crippen MR) is 104 cm³/mol. The first kappa shape index (κ1) is 20.1. The lowest BCUT2D eigenvalue weighted by Crippen LogP contribution is -2.37. The van der Waals surface area contributed by atoms with Gasteiger partial charge in [0.1, 0.15) is 5.75 Å². The van der Waals surface area contributed by atoms with E-state index in [0.29, 0.717) is 28.2 Å². The first-order valence-electron chi connectivity index (χ1n) is 8.07. The number of phenols is 1. The number of anilines is 2. The largest absolute Gasteiger partial charge is 0.508 e. The van der Waals surface area contributed by atoms with Crippen molar-refractivity contribution < 1.29 is 9.90 Å². The van der Waals surface area contributed by atoms with Crippen LogP contribution in [0.1, 0.15) is 12.8 Å². The lowest BCUT2D eigenvalue weighted by molar-refractivity contribution is -0.128. The number of likely N-dealkylation sites (N-methyl/N-ethyl adjacent to an activating group) is 1. The Kier molecular flexibility index (Phi) is 7.29. The molecular formula is C17H21Cl2N5O2. The summed E-state index contributed by atoms with van der Waals surface area (Å²) in [5, 5.41) is 9.62. The number of nitrogen functional groups attached to an aromatic ring is 1. The smallest absolute Gasteiger partial charge is 0.242 e. The molecule has 1 aliphatic heterocycles. The molecule has 1 aromatic carbocycles. The standard InChI is InChI=1S/C11H17N5O.C6H4Cl2O/c1-15(11-13-6-9(12)7-14-11)8-10(17)16-4-2-3-5-16;7-5-2-1-4(9)3-6(5)8/h6-7H,2-5,8,12H2,1H3;1-3,9H. The summed E-state index contributed by atoms with van der Waals surface area (Å²) in [6, 6.07) is 4.41. The molecule has 2 aromatic rings. The monoisotopic (exact) mass is 397 g/mol. The summed E-state index contributed by atoms with van der Waals surface area (Å²) < 4.78 is 0. The number of carbonyl (C=O) groups excluding carboxylic acids is 1. The van der Waals surface area contributed by atoms with Crippen LogP contribution in [0.4, 0.5) is 11.6 Å². The van der Waals surface area contributed by atoms with E-state index in [4.69, 9.17) is 34.0 Å². The second-order valence-electron chi connectivity index (χ2n) is 5.86. The Bertz CT molecular complexity index is 736. The van der Waals surface area contributed by atoms with Gasteiger partial charge in [-0.05, 0) is 31.0 Å². The fourth-order valence-corrected chi connectivity index (χ4v) is 2.65.